The average molecular weight is 234 g/mol. The van der Waals surface area contributed by atoms with Gasteiger partial charge in [-0.05, 0) is 38.1 Å². The Morgan fingerprint density at radius 1 is 1.41 bits per heavy atom. The minimum atomic E-state index is -0.191. The van der Waals surface area contributed by atoms with Crippen LogP contribution in [0.15, 0.2) is 24.3 Å². The van der Waals surface area contributed by atoms with E-state index in [2.05, 4.69) is 34.5 Å². The molecule has 2 atom stereocenters. The molecule has 1 fully saturated rings. The fourth-order valence-corrected chi connectivity index (χ4v) is 2.44. The van der Waals surface area contributed by atoms with Crippen LogP contribution in [-0.2, 0) is 6.54 Å². The van der Waals surface area contributed by atoms with Gasteiger partial charge in [-0.25, -0.2) is 0 Å². The number of rotatable bonds is 4. The third-order valence-corrected chi connectivity index (χ3v) is 3.59. The molecule has 94 valence electrons. The molecule has 2 rings (SSSR count). The molecular formula is C14H22N2O. The monoisotopic (exact) mass is 234 g/mol. The van der Waals surface area contributed by atoms with Gasteiger partial charge in [0.1, 0.15) is 0 Å². The standard InChI is InChI=1S/C14H22N2O/c1-11(17)13-7-8-16(10-13)14-5-3-12(4-6-14)9-15-2/h3-6,11,13,15,17H,7-10H2,1-2H3. The van der Waals surface area contributed by atoms with Gasteiger partial charge in [0.15, 0.2) is 0 Å². The highest BCUT2D eigenvalue weighted by Crippen LogP contribution is 2.25. The molecule has 1 aliphatic rings. The van der Waals surface area contributed by atoms with E-state index < -0.39 is 0 Å². The lowest BCUT2D eigenvalue weighted by atomic mass is 10.0. The molecule has 0 aromatic heterocycles. The summed E-state index contributed by atoms with van der Waals surface area (Å²) >= 11 is 0. The van der Waals surface area contributed by atoms with Crippen molar-refractivity contribution in [2.45, 2.75) is 26.0 Å². The highest BCUT2D eigenvalue weighted by atomic mass is 16.3. The molecule has 1 aliphatic heterocycles. The largest absolute Gasteiger partial charge is 0.393 e. The van der Waals surface area contributed by atoms with Gasteiger partial charge in [-0.2, -0.15) is 0 Å². The SMILES string of the molecule is CNCc1ccc(N2CCC(C(C)O)C2)cc1. The highest BCUT2D eigenvalue weighted by molar-refractivity contribution is 5.48. The summed E-state index contributed by atoms with van der Waals surface area (Å²) in [5.41, 5.74) is 2.58. The molecule has 1 heterocycles. The zero-order valence-corrected chi connectivity index (χ0v) is 10.7. The molecule has 1 aromatic carbocycles. The van der Waals surface area contributed by atoms with Crippen LogP contribution < -0.4 is 10.2 Å². The maximum atomic E-state index is 9.60. The van der Waals surface area contributed by atoms with Crippen molar-refractivity contribution in [2.24, 2.45) is 5.92 Å². The Bertz CT molecular complexity index is 348. The smallest absolute Gasteiger partial charge is 0.0557 e. The molecule has 1 aromatic rings. The first-order valence-electron chi connectivity index (χ1n) is 6.37. The van der Waals surface area contributed by atoms with E-state index >= 15 is 0 Å². The molecule has 0 radical (unpaired) electrons. The Balaban J connectivity index is 1.99. The van der Waals surface area contributed by atoms with Crippen molar-refractivity contribution >= 4 is 5.69 Å². The van der Waals surface area contributed by atoms with E-state index in [9.17, 15) is 5.11 Å². The third kappa shape index (κ3) is 2.99. The van der Waals surface area contributed by atoms with E-state index in [-0.39, 0.29) is 6.10 Å². The van der Waals surface area contributed by atoms with Crippen LogP contribution >= 0.6 is 0 Å². The van der Waals surface area contributed by atoms with Crippen molar-refractivity contribution in [3.8, 4) is 0 Å². The van der Waals surface area contributed by atoms with Crippen LogP contribution in [0.3, 0.4) is 0 Å². The van der Waals surface area contributed by atoms with Crippen LogP contribution in [0.4, 0.5) is 5.69 Å². The van der Waals surface area contributed by atoms with Gasteiger partial charge >= 0.3 is 0 Å². The van der Waals surface area contributed by atoms with Gasteiger partial charge in [-0.15, -0.1) is 0 Å². The van der Waals surface area contributed by atoms with Crippen LogP contribution in [0, 0.1) is 5.92 Å². The van der Waals surface area contributed by atoms with Gasteiger partial charge in [-0.3, -0.25) is 0 Å². The quantitative estimate of drug-likeness (QED) is 0.831. The molecule has 1 saturated heterocycles. The van der Waals surface area contributed by atoms with Crippen molar-refractivity contribution in [2.75, 3.05) is 25.0 Å². The second-order valence-electron chi connectivity index (χ2n) is 4.93. The molecular weight excluding hydrogens is 212 g/mol. The van der Waals surface area contributed by atoms with Crippen molar-refractivity contribution in [1.29, 1.82) is 0 Å². The first-order valence-corrected chi connectivity index (χ1v) is 6.37. The highest BCUT2D eigenvalue weighted by Gasteiger charge is 2.25. The number of aliphatic hydroxyl groups excluding tert-OH is 1. The van der Waals surface area contributed by atoms with Gasteiger partial charge in [0.2, 0.25) is 0 Å². The number of hydrogen-bond acceptors (Lipinski definition) is 3. The van der Waals surface area contributed by atoms with Crippen molar-refractivity contribution in [3.05, 3.63) is 29.8 Å². The molecule has 3 nitrogen and oxygen atoms in total. The summed E-state index contributed by atoms with van der Waals surface area (Å²) in [4.78, 5) is 2.36. The van der Waals surface area contributed by atoms with Gasteiger partial charge < -0.3 is 15.3 Å². The van der Waals surface area contributed by atoms with E-state index in [4.69, 9.17) is 0 Å². The van der Waals surface area contributed by atoms with Crippen LogP contribution in [-0.4, -0.2) is 31.3 Å². The topological polar surface area (TPSA) is 35.5 Å². The Hall–Kier alpha value is -1.06. The number of nitrogens with one attached hydrogen (secondary N) is 1. The van der Waals surface area contributed by atoms with E-state index in [0.717, 1.165) is 26.1 Å². The first-order chi connectivity index (χ1) is 8.20. The van der Waals surface area contributed by atoms with E-state index in [1.165, 1.54) is 11.3 Å². The van der Waals surface area contributed by atoms with Crippen LogP contribution in [0.1, 0.15) is 18.9 Å². The lowest BCUT2D eigenvalue weighted by molar-refractivity contribution is 0.136. The summed E-state index contributed by atoms with van der Waals surface area (Å²) in [6, 6.07) is 8.69. The van der Waals surface area contributed by atoms with Crippen molar-refractivity contribution in [3.63, 3.8) is 0 Å². The lowest BCUT2D eigenvalue weighted by Gasteiger charge is -2.20. The minimum Gasteiger partial charge on any atom is -0.393 e. The Kier molecular flexibility index (Phi) is 4.02. The van der Waals surface area contributed by atoms with Crippen molar-refractivity contribution in [1.82, 2.24) is 5.32 Å². The fraction of sp³-hybridized carbons (Fsp3) is 0.571. The van der Waals surface area contributed by atoms with Gasteiger partial charge in [0.25, 0.3) is 0 Å². The zero-order valence-electron chi connectivity index (χ0n) is 10.7. The molecule has 17 heavy (non-hydrogen) atoms. The summed E-state index contributed by atoms with van der Waals surface area (Å²) in [6.45, 7) is 4.84. The number of anilines is 1. The Labute approximate surface area is 103 Å². The number of nitrogens with zero attached hydrogens (tertiary/aromatic N) is 1. The van der Waals surface area contributed by atoms with Gasteiger partial charge in [0.05, 0.1) is 6.10 Å². The first kappa shape index (κ1) is 12.4. The van der Waals surface area contributed by atoms with E-state index in [0.29, 0.717) is 5.92 Å². The Morgan fingerprint density at radius 2 is 2.12 bits per heavy atom. The minimum absolute atomic E-state index is 0.191. The summed E-state index contributed by atoms with van der Waals surface area (Å²) in [5, 5.41) is 12.7. The lowest BCUT2D eigenvalue weighted by Crippen LogP contribution is -2.23. The molecule has 0 aliphatic carbocycles. The molecule has 0 bridgehead atoms. The molecule has 0 spiro atoms. The van der Waals surface area contributed by atoms with Crippen LogP contribution in [0.25, 0.3) is 0 Å². The molecule has 2 N–H and O–H groups in total. The maximum absolute atomic E-state index is 9.60. The molecule has 3 heteroatoms. The predicted molar refractivity (Wildman–Crippen MR) is 71.2 cm³/mol. The van der Waals surface area contributed by atoms with E-state index in [1.54, 1.807) is 0 Å². The summed E-state index contributed by atoms with van der Waals surface area (Å²) in [6.07, 6.45) is 0.902. The Morgan fingerprint density at radius 3 is 2.65 bits per heavy atom. The molecule has 0 amide bonds. The summed E-state index contributed by atoms with van der Waals surface area (Å²) in [5.74, 6) is 0.423. The second kappa shape index (κ2) is 5.52. The third-order valence-electron chi connectivity index (χ3n) is 3.59. The number of benzene rings is 1. The van der Waals surface area contributed by atoms with Crippen molar-refractivity contribution < 1.29 is 5.11 Å². The van der Waals surface area contributed by atoms with Gasteiger partial charge in [-0.1, -0.05) is 12.1 Å². The normalized spacial score (nSPS) is 21.8. The molecule has 2 unspecified atom stereocenters. The summed E-state index contributed by atoms with van der Waals surface area (Å²) in [7, 11) is 1.96. The maximum Gasteiger partial charge on any atom is 0.0557 e. The number of aliphatic hydroxyl groups is 1. The van der Waals surface area contributed by atoms with Crippen LogP contribution in [0.5, 0.6) is 0 Å². The number of hydrogen-bond donors (Lipinski definition) is 2. The zero-order chi connectivity index (χ0) is 12.3. The molecule has 0 saturated carbocycles. The second-order valence-corrected chi connectivity index (χ2v) is 4.93. The van der Waals surface area contributed by atoms with Crippen LogP contribution in [0.2, 0.25) is 0 Å². The summed E-state index contributed by atoms with van der Waals surface area (Å²) < 4.78 is 0. The fourth-order valence-electron chi connectivity index (χ4n) is 2.44. The van der Waals surface area contributed by atoms with Gasteiger partial charge in [0, 0.05) is 31.2 Å². The van der Waals surface area contributed by atoms with E-state index in [1.807, 2.05) is 14.0 Å². The average Bonchev–Trinajstić information content (AvgIpc) is 2.80. The predicted octanol–water partition coefficient (Wildman–Crippen LogP) is 1.61.